The molecule has 0 radical (unpaired) electrons. The second kappa shape index (κ2) is 10.5. The zero-order valence-electron chi connectivity index (χ0n) is 19.0. The summed E-state index contributed by atoms with van der Waals surface area (Å²) in [4.78, 5) is 0. The summed E-state index contributed by atoms with van der Waals surface area (Å²) in [5.41, 5.74) is 2.24. The molecule has 2 aromatic heterocycles. The average molecular weight is 488 g/mol. The summed E-state index contributed by atoms with van der Waals surface area (Å²) in [7, 11) is 0. The van der Waals surface area contributed by atoms with E-state index in [1.165, 1.54) is 17.8 Å². The van der Waals surface area contributed by atoms with Gasteiger partial charge < -0.3 is 9.15 Å². The van der Waals surface area contributed by atoms with Crippen molar-refractivity contribution in [3.8, 4) is 22.8 Å². The van der Waals surface area contributed by atoms with E-state index in [9.17, 15) is 4.39 Å². The third kappa shape index (κ3) is 5.25. The van der Waals surface area contributed by atoms with Crippen LogP contribution in [0.15, 0.2) is 88.4 Å². The first-order valence-corrected chi connectivity index (χ1v) is 12.1. The molecule has 0 bridgehead atoms. The number of aromatic nitrogens is 5. The molecule has 0 saturated carbocycles. The van der Waals surface area contributed by atoms with Crippen LogP contribution >= 0.6 is 11.8 Å². The van der Waals surface area contributed by atoms with Crippen molar-refractivity contribution >= 4 is 11.8 Å². The number of rotatable bonds is 9. The van der Waals surface area contributed by atoms with E-state index in [0.717, 1.165) is 16.9 Å². The molecule has 0 N–H and O–H groups in total. The lowest BCUT2D eigenvalue weighted by Crippen LogP contribution is -2.02. The average Bonchev–Trinajstić information content (AvgIpc) is 3.51. The van der Waals surface area contributed by atoms with Crippen LogP contribution in [0.4, 0.5) is 4.39 Å². The molecule has 176 valence electrons. The Balaban J connectivity index is 1.41. The maximum atomic E-state index is 14.8. The third-order valence-electron chi connectivity index (χ3n) is 5.18. The lowest BCUT2D eigenvalue weighted by atomic mass is 10.2. The quantitative estimate of drug-likeness (QED) is 0.245. The minimum absolute atomic E-state index is 0.360. The van der Waals surface area contributed by atoms with E-state index in [0.29, 0.717) is 47.2 Å². The highest BCUT2D eigenvalue weighted by molar-refractivity contribution is 7.98. The largest absolute Gasteiger partial charge is 0.494 e. The van der Waals surface area contributed by atoms with Gasteiger partial charge >= 0.3 is 0 Å². The SMILES string of the molecule is CCOc1ccc(-c2nnc(SCc3nnc(Cc4ccccc4)o3)n2-c2ccccc2F)cc1. The molecular weight excluding hydrogens is 465 g/mol. The molecule has 3 aromatic carbocycles. The van der Waals surface area contributed by atoms with E-state index >= 15 is 0 Å². The van der Waals surface area contributed by atoms with Crippen LogP contribution in [0.5, 0.6) is 5.75 Å². The first-order chi connectivity index (χ1) is 17.2. The van der Waals surface area contributed by atoms with Crippen molar-refractivity contribution in [3.63, 3.8) is 0 Å². The number of para-hydroxylation sites is 1. The summed E-state index contributed by atoms with van der Waals surface area (Å²) in [6.45, 7) is 2.51. The van der Waals surface area contributed by atoms with E-state index in [-0.39, 0.29) is 5.82 Å². The summed E-state index contributed by atoms with van der Waals surface area (Å²) in [6.07, 6.45) is 0.561. The Bertz CT molecular complexity index is 1400. The van der Waals surface area contributed by atoms with Gasteiger partial charge in [-0.1, -0.05) is 54.2 Å². The number of ether oxygens (including phenoxy) is 1. The fourth-order valence-electron chi connectivity index (χ4n) is 3.58. The van der Waals surface area contributed by atoms with E-state index in [1.54, 1.807) is 22.8 Å². The van der Waals surface area contributed by atoms with Crippen LogP contribution in [0.3, 0.4) is 0 Å². The number of benzene rings is 3. The molecule has 0 fully saturated rings. The third-order valence-corrected chi connectivity index (χ3v) is 6.10. The van der Waals surface area contributed by atoms with Crippen molar-refractivity contribution in [2.24, 2.45) is 0 Å². The maximum absolute atomic E-state index is 14.8. The molecule has 7 nitrogen and oxygen atoms in total. The van der Waals surface area contributed by atoms with Crippen molar-refractivity contribution in [2.75, 3.05) is 6.61 Å². The summed E-state index contributed by atoms with van der Waals surface area (Å²) in [6, 6.07) is 24.0. The van der Waals surface area contributed by atoms with Crippen molar-refractivity contribution in [1.82, 2.24) is 25.0 Å². The smallest absolute Gasteiger partial charge is 0.226 e. The number of nitrogens with zero attached hydrogens (tertiary/aromatic N) is 5. The Morgan fingerprint density at radius 3 is 2.37 bits per heavy atom. The van der Waals surface area contributed by atoms with Gasteiger partial charge in [0.25, 0.3) is 0 Å². The van der Waals surface area contributed by atoms with Gasteiger partial charge in [-0.2, -0.15) is 0 Å². The molecule has 5 rings (SSSR count). The van der Waals surface area contributed by atoms with Gasteiger partial charge in [0, 0.05) is 5.56 Å². The standard InChI is InChI=1S/C26H22FN5O2S/c1-2-33-20-14-12-19(13-15-20)25-30-31-26(32(25)22-11-7-6-10-21(22)27)35-17-24-29-28-23(34-24)16-18-8-4-3-5-9-18/h3-15H,2,16-17H2,1H3. The van der Waals surface area contributed by atoms with Crippen molar-refractivity contribution < 1.29 is 13.5 Å². The topological polar surface area (TPSA) is 78.9 Å². The minimum Gasteiger partial charge on any atom is -0.494 e. The van der Waals surface area contributed by atoms with Gasteiger partial charge in [-0.05, 0) is 48.9 Å². The van der Waals surface area contributed by atoms with Gasteiger partial charge in [0.05, 0.1) is 24.5 Å². The molecule has 0 aliphatic carbocycles. The van der Waals surface area contributed by atoms with Gasteiger partial charge in [-0.15, -0.1) is 20.4 Å². The summed E-state index contributed by atoms with van der Waals surface area (Å²) >= 11 is 1.35. The molecule has 0 aliphatic rings. The summed E-state index contributed by atoms with van der Waals surface area (Å²) in [5, 5.41) is 17.5. The van der Waals surface area contributed by atoms with Crippen molar-refractivity contribution in [1.29, 1.82) is 0 Å². The zero-order valence-corrected chi connectivity index (χ0v) is 19.8. The monoisotopic (exact) mass is 487 g/mol. The second-order valence-corrected chi connectivity index (χ2v) is 8.53. The van der Waals surface area contributed by atoms with E-state index < -0.39 is 0 Å². The van der Waals surface area contributed by atoms with Crippen LogP contribution in [0.1, 0.15) is 24.3 Å². The lowest BCUT2D eigenvalue weighted by Gasteiger charge is -2.11. The Labute approximate surface area is 206 Å². The van der Waals surface area contributed by atoms with Crippen LogP contribution in [-0.4, -0.2) is 31.6 Å². The normalized spacial score (nSPS) is 11.0. The number of hydrogen-bond acceptors (Lipinski definition) is 7. The number of thioether (sulfide) groups is 1. The van der Waals surface area contributed by atoms with Gasteiger partial charge in [0.2, 0.25) is 11.8 Å². The van der Waals surface area contributed by atoms with Crippen LogP contribution in [0.2, 0.25) is 0 Å². The first kappa shape index (κ1) is 22.8. The molecule has 0 amide bonds. The first-order valence-electron chi connectivity index (χ1n) is 11.1. The molecule has 0 spiro atoms. The Hall–Kier alpha value is -3.98. The molecule has 9 heteroatoms. The molecule has 0 aliphatic heterocycles. The maximum Gasteiger partial charge on any atom is 0.226 e. The number of hydrogen-bond donors (Lipinski definition) is 0. The number of halogens is 1. The minimum atomic E-state index is -0.371. The molecule has 0 saturated heterocycles. The van der Waals surface area contributed by atoms with Crippen LogP contribution in [-0.2, 0) is 12.2 Å². The fourth-order valence-corrected chi connectivity index (χ4v) is 4.36. The van der Waals surface area contributed by atoms with Gasteiger partial charge in [-0.3, -0.25) is 4.57 Å². The van der Waals surface area contributed by atoms with E-state index in [4.69, 9.17) is 9.15 Å². The Kier molecular flexibility index (Phi) is 6.85. The summed E-state index contributed by atoms with van der Waals surface area (Å²) < 4.78 is 27.9. The fraction of sp³-hybridized carbons (Fsp3) is 0.154. The predicted octanol–water partition coefficient (Wildman–Crippen LogP) is 5.74. The molecule has 5 aromatic rings. The van der Waals surface area contributed by atoms with Gasteiger partial charge in [-0.25, -0.2) is 4.39 Å². The second-order valence-electron chi connectivity index (χ2n) is 7.59. The van der Waals surface area contributed by atoms with Crippen LogP contribution in [0, 0.1) is 5.82 Å². The van der Waals surface area contributed by atoms with E-state index in [2.05, 4.69) is 20.4 Å². The van der Waals surface area contributed by atoms with E-state index in [1.807, 2.05) is 61.5 Å². The van der Waals surface area contributed by atoms with Crippen molar-refractivity contribution in [2.45, 2.75) is 24.3 Å². The van der Waals surface area contributed by atoms with Gasteiger partial charge in [0.1, 0.15) is 11.6 Å². The highest BCUT2D eigenvalue weighted by Gasteiger charge is 2.20. The lowest BCUT2D eigenvalue weighted by molar-refractivity contribution is 0.340. The molecular formula is C26H22FN5O2S. The molecule has 0 atom stereocenters. The predicted molar refractivity (Wildman–Crippen MR) is 131 cm³/mol. The summed E-state index contributed by atoms with van der Waals surface area (Å²) in [5.74, 6) is 2.28. The van der Waals surface area contributed by atoms with Gasteiger partial charge in [0.15, 0.2) is 11.0 Å². The van der Waals surface area contributed by atoms with Crippen molar-refractivity contribution in [3.05, 3.63) is 102 Å². The zero-order chi connectivity index (χ0) is 24.0. The highest BCUT2D eigenvalue weighted by Crippen LogP contribution is 2.31. The van der Waals surface area contributed by atoms with Crippen LogP contribution in [0.25, 0.3) is 17.1 Å². The molecule has 0 unspecified atom stereocenters. The van der Waals surface area contributed by atoms with Crippen LogP contribution < -0.4 is 4.74 Å². The highest BCUT2D eigenvalue weighted by atomic mass is 32.2. The Morgan fingerprint density at radius 1 is 0.857 bits per heavy atom. The molecule has 35 heavy (non-hydrogen) atoms. The molecule has 2 heterocycles. The Morgan fingerprint density at radius 2 is 1.60 bits per heavy atom.